The molecule has 3 aromatic carbocycles. The Labute approximate surface area is 205 Å². The summed E-state index contributed by atoms with van der Waals surface area (Å²) in [5, 5.41) is 0.801. The van der Waals surface area contributed by atoms with Crippen molar-refractivity contribution in [2.45, 2.75) is 13.2 Å². The first kappa shape index (κ1) is 23.2. The number of carbonyl (C=O) groups excluding carboxylic acids is 2. The van der Waals surface area contributed by atoms with E-state index in [2.05, 4.69) is 0 Å². The molecule has 3 aromatic rings. The van der Waals surface area contributed by atoms with Crippen LogP contribution in [0.1, 0.15) is 16.7 Å². The van der Waals surface area contributed by atoms with Crippen LogP contribution < -0.4 is 9.47 Å². The van der Waals surface area contributed by atoms with Crippen LogP contribution in [0.4, 0.5) is 4.79 Å². The summed E-state index contributed by atoms with van der Waals surface area (Å²) in [6.45, 7) is 0.369. The van der Waals surface area contributed by atoms with Crippen molar-refractivity contribution in [3.8, 4) is 11.5 Å². The van der Waals surface area contributed by atoms with Crippen molar-refractivity contribution in [3.05, 3.63) is 98.4 Å². The third-order valence-corrected chi connectivity index (χ3v) is 6.46. The van der Waals surface area contributed by atoms with Crippen LogP contribution in [0, 0.1) is 0 Å². The number of amides is 2. The Hall–Kier alpha value is -2.93. The highest BCUT2D eigenvalue weighted by Crippen LogP contribution is 2.38. The fraction of sp³-hybridized carbons (Fsp3) is 0.120. The number of methoxy groups -OCH3 is 1. The SMILES string of the molecule is COc1cccc(/C=C2\SC(=O)N(Cc3cccc(Cl)c3)C2=O)c1OCc1ccccc1Cl. The Balaban J connectivity index is 1.60. The second kappa shape index (κ2) is 10.3. The van der Waals surface area contributed by atoms with E-state index in [9.17, 15) is 9.59 Å². The van der Waals surface area contributed by atoms with Gasteiger partial charge in [-0.2, -0.15) is 0 Å². The van der Waals surface area contributed by atoms with Crippen LogP contribution in [0.5, 0.6) is 11.5 Å². The Morgan fingerprint density at radius 3 is 2.55 bits per heavy atom. The lowest BCUT2D eigenvalue weighted by atomic mass is 10.1. The number of halogens is 2. The number of benzene rings is 3. The van der Waals surface area contributed by atoms with Crippen molar-refractivity contribution in [2.75, 3.05) is 7.11 Å². The minimum atomic E-state index is -0.371. The van der Waals surface area contributed by atoms with E-state index in [4.69, 9.17) is 32.7 Å². The van der Waals surface area contributed by atoms with Gasteiger partial charge in [0.2, 0.25) is 0 Å². The third-order valence-electron chi connectivity index (χ3n) is 4.95. The molecule has 0 bridgehead atoms. The normalized spacial score (nSPS) is 14.8. The van der Waals surface area contributed by atoms with E-state index in [0.29, 0.717) is 32.0 Å². The van der Waals surface area contributed by atoms with Gasteiger partial charge < -0.3 is 9.47 Å². The number of rotatable bonds is 7. The molecule has 1 saturated heterocycles. The van der Waals surface area contributed by atoms with Gasteiger partial charge in [-0.1, -0.05) is 65.7 Å². The molecule has 1 aliphatic rings. The molecule has 0 spiro atoms. The number of hydrogen-bond donors (Lipinski definition) is 0. The molecule has 4 rings (SSSR count). The zero-order valence-electron chi connectivity index (χ0n) is 17.6. The van der Waals surface area contributed by atoms with Crippen LogP contribution in [0.15, 0.2) is 71.6 Å². The molecule has 33 heavy (non-hydrogen) atoms. The molecule has 5 nitrogen and oxygen atoms in total. The van der Waals surface area contributed by atoms with Gasteiger partial charge in [-0.05, 0) is 47.7 Å². The maximum atomic E-state index is 13.0. The van der Waals surface area contributed by atoms with Crippen LogP contribution in [0.2, 0.25) is 10.0 Å². The van der Waals surface area contributed by atoms with Crippen LogP contribution >= 0.6 is 35.0 Å². The molecule has 2 amide bonds. The largest absolute Gasteiger partial charge is 0.493 e. The average Bonchev–Trinajstić information content (AvgIpc) is 3.06. The predicted octanol–water partition coefficient (Wildman–Crippen LogP) is 6.82. The number of para-hydroxylation sites is 1. The summed E-state index contributed by atoms with van der Waals surface area (Å²) in [5.74, 6) is 0.598. The molecule has 168 valence electrons. The summed E-state index contributed by atoms with van der Waals surface area (Å²) in [6, 6.07) is 19.8. The summed E-state index contributed by atoms with van der Waals surface area (Å²) in [5.41, 5.74) is 2.21. The Morgan fingerprint density at radius 2 is 1.79 bits per heavy atom. The van der Waals surface area contributed by atoms with Crippen LogP contribution in [0.3, 0.4) is 0 Å². The minimum absolute atomic E-state index is 0.149. The molecule has 0 N–H and O–H groups in total. The molecule has 1 aliphatic heterocycles. The van der Waals surface area contributed by atoms with Gasteiger partial charge >= 0.3 is 0 Å². The van der Waals surface area contributed by atoms with Crippen molar-refractivity contribution < 1.29 is 19.1 Å². The summed E-state index contributed by atoms with van der Waals surface area (Å²) in [6.07, 6.45) is 1.65. The van der Waals surface area contributed by atoms with Gasteiger partial charge in [-0.3, -0.25) is 14.5 Å². The summed E-state index contributed by atoms with van der Waals surface area (Å²) in [4.78, 5) is 27.1. The highest BCUT2D eigenvalue weighted by molar-refractivity contribution is 8.18. The molecule has 0 atom stereocenters. The van der Waals surface area contributed by atoms with E-state index in [-0.39, 0.29) is 24.3 Å². The summed E-state index contributed by atoms with van der Waals surface area (Å²) in [7, 11) is 1.54. The Morgan fingerprint density at radius 1 is 1.00 bits per heavy atom. The quantitative estimate of drug-likeness (QED) is 0.334. The van der Waals surface area contributed by atoms with Gasteiger partial charge in [0, 0.05) is 21.2 Å². The number of imide groups is 1. The zero-order valence-corrected chi connectivity index (χ0v) is 19.9. The van der Waals surface area contributed by atoms with Gasteiger partial charge in [0.05, 0.1) is 18.6 Å². The Bertz CT molecular complexity index is 1240. The zero-order chi connectivity index (χ0) is 23.4. The lowest BCUT2D eigenvalue weighted by molar-refractivity contribution is -0.123. The smallest absolute Gasteiger partial charge is 0.293 e. The lowest BCUT2D eigenvalue weighted by Gasteiger charge is -2.14. The van der Waals surface area contributed by atoms with Crippen molar-refractivity contribution in [2.24, 2.45) is 0 Å². The molecular formula is C25H19Cl2NO4S. The van der Waals surface area contributed by atoms with Crippen LogP contribution in [-0.4, -0.2) is 23.2 Å². The van der Waals surface area contributed by atoms with Crippen molar-refractivity contribution in [1.29, 1.82) is 0 Å². The van der Waals surface area contributed by atoms with Gasteiger partial charge in [-0.15, -0.1) is 0 Å². The number of carbonyl (C=O) groups is 2. The molecule has 1 fully saturated rings. The number of hydrogen-bond acceptors (Lipinski definition) is 5. The van der Waals surface area contributed by atoms with E-state index in [1.807, 2.05) is 24.3 Å². The van der Waals surface area contributed by atoms with Gasteiger partial charge in [0.1, 0.15) is 6.61 Å². The second-order valence-corrected chi connectivity index (χ2v) is 8.99. The summed E-state index contributed by atoms with van der Waals surface area (Å²) >= 11 is 13.2. The molecule has 0 aromatic heterocycles. The molecule has 0 aliphatic carbocycles. The lowest BCUT2D eigenvalue weighted by Crippen LogP contribution is -2.27. The van der Waals surface area contributed by atoms with Crippen LogP contribution in [0.25, 0.3) is 6.08 Å². The number of nitrogens with zero attached hydrogens (tertiary/aromatic N) is 1. The predicted molar refractivity (Wildman–Crippen MR) is 132 cm³/mol. The number of ether oxygens (including phenoxy) is 2. The molecule has 0 radical (unpaired) electrons. The maximum absolute atomic E-state index is 13.0. The van der Waals surface area contributed by atoms with Gasteiger partial charge in [0.25, 0.3) is 11.1 Å². The van der Waals surface area contributed by atoms with Crippen molar-refractivity contribution in [1.82, 2.24) is 4.90 Å². The average molecular weight is 500 g/mol. The molecular weight excluding hydrogens is 481 g/mol. The third kappa shape index (κ3) is 5.36. The molecule has 8 heteroatoms. The monoisotopic (exact) mass is 499 g/mol. The fourth-order valence-electron chi connectivity index (χ4n) is 3.32. The van der Waals surface area contributed by atoms with E-state index >= 15 is 0 Å². The van der Waals surface area contributed by atoms with Crippen molar-refractivity contribution in [3.63, 3.8) is 0 Å². The Kier molecular flexibility index (Phi) is 7.28. The topological polar surface area (TPSA) is 55.8 Å². The maximum Gasteiger partial charge on any atom is 0.293 e. The minimum Gasteiger partial charge on any atom is -0.493 e. The fourth-order valence-corrected chi connectivity index (χ4v) is 4.55. The molecule has 1 heterocycles. The van der Waals surface area contributed by atoms with E-state index in [1.54, 1.807) is 55.7 Å². The molecule has 0 unspecified atom stereocenters. The van der Waals surface area contributed by atoms with Crippen molar-refractivity contribution >= 4 is 52.2 Å². The van der Waals surface area contributed by atoms with Crippen LogP contribution in [-0.2, 0) is 17.9 Å². The second-order valence-electron chi connectivity index (χ2n) is 7.16. The molecule has 0 saturated carbocycles. The first-order valence-corrected chi connectivity index (χ1v) is 11.6. The van der Waals surface area contributed by atoms with Gasteiger partial charge in [-0.25, -0.2) is 0 Å². The first-order chi connectivity index (χ1) is 16.0. The highest BCUT2D eigenvalue weighted by Gasteiger charge is 2.35. The van der Waals surface area contributed by atoms with Gasteiger partial charge in [0.15, 0.2) is 11.5 Å². The van der Waals surface area contributed by atoms with E-state index in [1.165, 1.54) is 4.90 Å². The summed E-state index contributed by atoms with van der Waals surface area (Å²) < 4.78 is 11.5. The standard InChI is InChI=1S/C25H19Cl2NO4S/c1-31-21-11-5-8-17(23(21)32-15-18-7-2-3-10-20(18)27)13-22-24(29)28(25(30)33-22)14-16-6-4-9-19(26)12-16/h2-13H,14-15H2,1H3/b22-13-. The first-order valence-electron chi connectivity index (χ1n) is 9.99. The highest BCUT2D eigenvalue weighted by atomic mass is 35.5. The van der Waals surface area contributed by atoms with E-state index < -0.39 is 0 Å². The number of thioether (sulfide) groups is 1. The van der Waals surface area contributed by atoms with E-state index in [0.717, 1.165) is 22.9 Å².